The third-order valence-electron chi connectivity index (χ3n) is 7.86. The van der Waals surface area contributed by atoms with Crippen LogP contribution in [0.4, 0.5) is 0 Å². The summed E-state index contributed by atoms with van der Waals surface area (Å²) in [6.07, 6.45) is 7.41. The third kappa shape index (κ3) is 4.74. The van der Waals surface area contributed by atoms with Gasteiger partial charge in [0.25, 0.3) is 0 Å². The van der Waals surface area contributed by atoms with E-state index in [2.05, 4.69) is 45.5 Å². The van der Waals surface area contributed by atoms with Crippen LogP contribution in [0.25, 0.3) is 10.8 Å². The highest BCUT2D eigenvalue weighted by Gasteiger charge is 2.47. The molecule has 0 N–H and O–H groups in total. The van der Waals surface area contributed by atoms with E-state index in [0.29, 0.717) is 17.2 Å². The minimum absolute atomic E-state index is 0.249. The average Bonchev–Trinajstić information content (AvgIpc) is 2.83. The van der Waals surface area contributed by atoms with Crippen LogP contribution in [0.5, 0.6) is 11.5 Å². The molecule has 5 rings (SSSR count). The zero-order valence-electron chi connectivity index (χ0n) is 21.2. The average molecular weight is 469 g/mol. The number of allylic oxidation sites excluding steroid dienone is 1. The molecule has 3 nitrogen and oxygen atoms in total. The summed E-state index contributed by atoms with van der Waals surface area (Å²) in [5.74, 6) is 1.83. The van der Waals surface area contributed by atoms with Gasteiger partial charge in [0.05, 0.1) is 5.56 Å². The monoisotopic (exact) mass is 468 g/mol. The highest BCUT2D eigenvalue weighted by Crippen LogP contribution is 2.55. The number of fused-ring (bicyclic) bond motifs is 4. The van der Waals surface area contributed by atoms with E-state index in [9.17, 15) is 4.79 Å². The first kappa shape index (κ1) is 23.7. The van der Waals surface area contributed by atoms with Gasteiger partial charge >= 0.3 is 5.97 Å². The maximum Gasteiger partial charge on any atom is 0.343 e. The Balaban J connectivity index is 1.54. The lowest BCUT2D eigenvalue weighted by Gasteiger charge is -2.48. The molecule has 182 valence electrons. The summed E-state index contributed by atoms with van der Waals surface area (Å²) in [5, 5.41) is 2.14. The van der Waals surface area contributed by atoms with Gasteiger partial charge in [-0.15, -0.1) is 0 Å². The van der Waals surface area contributed by atoms with Gasteiger partial charge in [-0.1, -0.05) is 62.2 Å². The van der Waals surface area contributed by atoms with E-state index in [1.165, 1.54) is 24.0 Å². The topological polar surface area (TPSA) is 35.5 Å². The van der Waals surface area contributed by atoms with Crippen LogP contribution in [0.3, 0.4) is 0 Å². The number of carbonyl (C=O) groups is 1. The number of aryl methyl sites for hydroxylation is 1. The first-order valence-electron chi connectivity index (χ1n) is 13.1. The minimum Gasteiger partial charge on any atom is -0.487 e. The number of carbonyl (C=O) groups excluding carboxylic acids is 1. The first-order valence-corrected chi connectivity index (χ1v) is 13.1. The fourth-order valence-corrected chi connectivity index (χ4v) is 6.00. The zero-order valence-corrected chi connectivity index (χ0v) is 21.2. The van der Waals surface area contributed by atoms with Crippen LogP contribution in [-0.2, 0) is 6.42 Å². The van der Waals surface area contributed by atoms with Crippen molar-refractivity contribution in [2.75, 3.05) is 0 Å². The normalized spacial score (nSPS) is 20.6. The lowest BCUT2D eigenvalue weighted by Crippen LogP contribution is -2.46. The molecule has 3 heteroatoms. The van der Waals surface area contributed by atoms with Gasteiger partial charge in [0.1, 0.15) is 17.1 Å². The molecule has 35 heavy (non-hydrogen) atoms. The van der Waals surface area contributed by atoms with Gasteiger partial charge in [0, 0.05) is 17.4 Å². The standard InChI is InChI=1S/C32H36O3/c1-5-6-7-10-22-18-28(34-31(33)25-15-14-23-11-8-9-12-24(23)20-25)30-26-17-21(2)13-16-27(26)32(3,4)35-29(30)19-22/h8-9,11-12,14-15,18-20,26-27H,2,5-7,10,13,16-17H2,1,3-4H3/t26?,27-/m1/s1. The van der Waals surface area contributed by atoms with Gasteiger partial charge in [-0.2, -0.15) is 0 Å². The molecule has 0 radical (unpaired) electrons. The third-order valence-corrected chi connectivity index (χ3v) is 7.86. The Morgan fingerprint density at radius 3 is 2.69 bits per heavy atom. The lowest BCUT2D eigenvalue weighted by molar-refractivity contribution is -0.000935. The van der Waals surface area contributed by atoms with Gasteiger partial charge in [-0.25, -0.2) is 4.79 Å². The molecule has 3 aromatic carbocycles. The van der Waals surface area contributed by atoms with E-state index in [1.54, 1.807) is 0 Å². The number of rotatable bonds is 6. The maximum absolute atomic E-state index is 13.4. The van der Waals surface area contributed by atoms with Crippen LogP contribution in [0.2, 0.25) is 0 Å². The molecule has 2 atom stereocenters. The number of esters is 1. The van der Waals surface area contributed by atoms with E-state index < -0.39 is 0 Å². The Hall–Kier alpha value is -3.07. The van der Waals surface area contributed by atoms with Gasteiger partial charge in [0.2, 0.25) is 0 Å². The van der Waals surface area contributed by atoms with Crippen LogP contribution in [0, 0.1) is 5.92 Å². The molecule has 1 fully saturated rings. The van der Waals surface area contributed by atoms with Crippen LogP contribution in [-0.4, -0.2) is 11.6 Å². The van der Waals surface area contributed by atoms with Crippen LogP contribution >= 0.6 is 0 Å². The van der Waals surface area contributed by atoms with Crippen molar-refractivity contribution in [1.29, 1.82) is 0 Å². The molecule has 1 aliphatic carbocycles. The highest BCUT2D eigenvalue weighted by molar-refractivity contribution is 5.96. The fraction of sp³-hybridized carbons (Fsp3) is 0.406. The number of benzene rings is 3. The summed E-state index contributed by atoms with van der Waals surface area (Å²) in [4.78, 5) is 13.4. The molecule has 2 aliphatic rings. The Bertz CT molecular complexity index is 1270. The van der Waals surface area contributed by atoms with Crippen molar-refractivity contribution in [3.63, 3.8) is 0 Å². The molecule has 0 amide bonds. The molecule has 1 saturated carbocycles. The molecular formula is C32H36O3. The van der Waals surface area contributed by atoms with E-state index >= 15 is 0 Å². The van der Waals surface area contributed by atoms with Crippen molar-refractivity contribution in [3.05, 3.63) is 83.4 Å². The molecule has 0 aromatic heterocycles. The molecule has 1 aliphatic heterocycles. The molecular weight excluding hydrogens is 432 g/mol. The van der Waals surface area contributed by atoms with Crippen molar-refractivity contribution >= 4 is 16.7 Å². The van der Waals surface area contributed by atoms with Crippen molar-refractivity contribution < 1.29 is 14.3 Å². The first-order chi connectivity index (χ1) is 16.9. The summed E-state index contributed by atoms with van der Waals surface area (Å²) in [6.45, 7) is 10.9. The number of ether oxygens (including phenoxy) is 2. The Labute approximate surface area is 209 Å². The largest absolute Gasteiger partial charge is 0.487 e. The molecule has 0 spiro atoms. The molecule has 1 heterocycles. The summed E-state index contributed by atoms with van der Waals surface area (Å²) in [7, 11) is 0. The second kappa shape index (κ2) is 9.53. The highest BCUT2D eigenvalue weighted by atomic mass is 16.5. The second-order valence-electron chi connectivity index (χ2n) is 10.8. The second-order valence-corrected chi connectivity index (χ2v) is 10.8. The van der Waals surface area contributed by atoms with Crippen molar-refractivity contribution in [2.24, 2.45) is 5.92 Å². The smallest absolute Gasteiger partial charge is 0.343 e. The predicted molar refractivity (Wildman–Crippen MR) is 143 cm³/mol. The molecule has 0 bridgehead atoms. The minimum atomic E-state index is -0.320. The molecule has 3 aromatic rings. The SMILES string of the molecule is C=C1CC[C@@H]2C(C1)c1c(OC(=O)c3ccc4ccccc4c3)cc(CCCCC)cc1OC2(C)C. The summed E-state index contributed by atoms with van der Waals surface area (Å²) in [5.41, 5.74) is 3.79. The number of unbranched alkanes of at least 4 members (excludes halogenated alkanes) is 2. The van der Waals surface area contributed by atoms with Crippen LogP contribution in [0.15, 0.2) is 66.7 Å². The summed E-state index contributed by atoms with van der Waals surface area (Å²) < 4.78 is 12.8. The van der Waals surface area contributed by atoms with E-state index in [-0.39, 0.29) is 17.5 Å². The fourth-order valence-electron chi connectivity index (χ4n) is 6.00. The Morgan fingerprint density at radius 1 is 1.09 bits per heavy atom. The zero-order chi connectivity index (χ0) is 24.6. The Kier molecular flexibility index (Phi) is 6.44. The van der Waals surface area contributed by atoms with Crippen molar-refractivity contribution in [2.45, 2.75) is 77.2 Å². The van der Waals surface area contributed by atoms with Crippen LogP contribution in [0.1, 0.15) is 86.7 Å². The van der Waals surface area contributed by atoms with Gasteiger partial charge in [0.15, 0.2) is 0 Å². The summed E-state index contributed by atoms with van der Waals surface area (Å²) in [6, 6.07) is 18.1. The molecule has 1 unspecified atom stereocenters. The van der Waals surface area contributed by atoms with Gasteiger partial charge in [-0.05, 0) is 86.6 Å². The van der Waals surface area contributed by atoms with Crippen molar-refractivity contribution in [3.8, 4) is 11.5 Å². The van der Waals surface area contributed by atoms with Crippen molar-refractivity contribution in [1.82, 2.24) is 0 Å². The Morgan fingerprint density at radius 2 is 1.89 bits per heavy atom. The van der Waals surface area contributed by atoms with Gasteiger partial charge in [-0.3, -0.25) is 0 Å². The molecule has 0 saturated heterocycles. The van der Waals surface area contributed by atoms with Gasteiger partial charge < -0.3 is 9.47 Å². The quantitative estimate of drug-likeness (QED) is 0.158. The summed E-state index contributed by atoms with van der Waals surface area (Å²) >= 11 is 0. The number of hydrogen-bond acceptors (Lipinski definition) is 3. The van der Waals surface area contributed by atoms with Crippen LogP contribution < -0.4 is 9.47 Å². The predicted octanol–water partition coefficient (Wildman–Crippen LogP) is 8.40. The van der Waals surface area contributed by atoms with E-state index in [1.807, 2.05) is 36.4 Å². The number of hydrogen-bond donors (Lipinski definition) is 0. The maximum atomic E-state index is 13.4. The van der Waals surface area contributed by atoms with E-state index in [4.69, 9.17) is 9.47 Å². The lowest BCUT2D eigenvalue weighted by atomic mass is 9.65. The van der Waals surface area contributed by atoms with E-state index in [0.717, 1.165) is 54.2 Å².